The van der Waals surface area contributed by atoms with Crippen LogP contribution in [0.4, 0.5) is 0 Å². The Kier molecular flexibility index (Phi) is 3.09. The molecule has 0 saturated carbocycles. The van der Waals surface area contributed by atoms with Gasteiger partial charge in [0, 0.05) is 0 Å². The van der Waals surface area contributed by atoms with Crippen molar-refractivity contribution in [1.29, 1.82) is 0 Å². The Balaban J connectivity index is 3.79. The fraction of sp³-hybridized carbons (Fsp3) is 0. The summed E-state index contributed by atoms with van der Waals surface area (Å²) in [6.45, 7) is 0. The highest BCUT2D eigenvalue weighted by atomic mass is 33.3. The van der Waals surface area contributed by atoms with E-state index in [1.807, 2.05) is 0 Å². The summed E-state index contributed by atoms with van der Waals surface area (Å²) >= 11 is 6.85. The van der Waals surface area contributed by atoms with Crippen LogP contribution < -0.4 is 0 Å². The Morgan fingerprint density at radius 2 is 1.67 bits per heavy atom. The number of thiol groups is 2. The molecular weight excluding hydrogens is 159 g/mol. The highest BCUT2D eigenvalue weighted by Gasteiger charge is 2.12. The van der Waals surface area contributed by atoms with E-state index in [1.54, 1.807) is 0 Å². The summed E-state index contributed by atoms with van der Waals surface area (Å²) in [7, 11) is 0.663. The van der Waals surface area contributed by atoms with Crippen LogP contribution in [-0.4, -0.2) is 9.79 Å². The Bertz CT molecular complexity index is 72.5. The van der Waals surface area contributed by atoms with Crippen LogP contribution in [0.3, 0.4) is 0 Å². The summed E-state index contributed by atoms with van der Waals surface area (Å²) < 4.78 is 0. The molecule has 2 nitrogen and oxygen atoms in total. The van der Waals surface area contributed by atoms with Gasteiger partial charge in [0.15, 0.2) is 11.7 Å². The number of hydrogen-bond acceptors (Lipinski definition) is 0. The van der Waals surface area contributed by atoms with Crippen LogP contribution in [0.2, 0.25) is 0 Å². The lowest BCUT2D eigenvalue weighted by Crippen LogP contribution is -1.58. The fourth-order valence-electron chi connectivity index (χ4n) is 0. The van der Waals surface area contributed by atoms with Crippen molar-refractivity contribution >= 4 is 39.6 Å². The minimum atomic E-state index is -2.92. The molecule has 38 valence electrons. The summed E-state index contributed by atoms with van der Waals surface area (Å²) in [6, 6.07) is 0. The zero-order chi connectivity index (χ0) is 5.21. The van der Waals surface area contributed by atoms with E-state index in [0.717, 1.165) is 0 Å². The molecule has 2 N–H and O–H groups in total. The van der Waals surface area contributed by atoms with Crippen LogP contribution in [-0.2, 0) is 9.97 Å². The number of rotatable bonds is 0. The lowest BCUT2D eigenvalue weighted by atomic mass is 15.9. The fourth-order valence-corrected chi connectivity index (χ4v) is 0. The smallest absolute Gasteiger partial charge is 0.303 e. The van der Waals surface area contributed by atoms with E-state index in [2.05, 4.69) is 23.9 Å². The van der Waals surface area contributed by atoms with Gasteiger partial charge in [0.25, 0.3) is 9.97 Å². The lowest BCUT2D eigenvalue weighted by Gasteiger charge is -1.79. The molecule has 0 aliphatic heterocycles. The summed E-state index contributed by atoms with van der Waals surface area (Å²) in [5.74, 6) is 0. The molecule has 0 bridgehead atoms. The summed E-state index contributed by atoms with van der Waals surface area (Å²) in [5.41, 5.74) is -2.92. The van der Waals surface area contributed by atoms with Crippen molar-refractivity contribution in [2.45, 2.75) is 0 Å². The van der Waals surface area contributed by atoms with Crippen molar-refractivity contribution in [3.8, 4) is 0 Å². The van der Waals surface area contributed by atoms with E-state index in [4.69, 9.17) is 9.79 Å². The molecule has 0 heterocycles. The second kappa shape index (κ2) is 2.55. The van der Waals surface area contributed by atoms with Crippen molar-refractivity contribution < 1.29 is 9.79 Å². The molecule has 0 atom stereocenters. The minimum absolute atomic E-state index is 0.663. The average molecular weight is 163 g/mol. The van der Waals surface area contributed by atoms with E-state index in [1.165, 1.54) is 0 Å². The van der Waals surface area contributed by atoms with E-state index in [9.17, 15) is 0 Å². The van der Waals surface area contributed by atoms with Crippen molar-refractivity contribution in [2.24, 2.45) is 0 Å². The molecule has 0 radical (unpaired) electrons. The molecule has 0 saturated heterocycles. The monoisotopic (exact) mass is 163 g/mol. The quantitative estimate of drug-likeness (QED) is 0.182. The van der Waals surface area contributed by atoms with Crippen molar-refractivity contribution in [3.05, 3.63) is 0 Å². The molecule has 0 aliphatic carbocycles. The third kappa shape index (κ3) is 5.27. The minimum Gasteiger partial charge on any atom is -0.303 e. The van der Waals surface area contributed by atoms with Crippen molar-refractivity contribution in [2.75, 3.05) is 0 Å². The van der Waals surface area contributed by atoms with Gasteiger partial charge in [0.2, 0.25) is 0 Å². The third-order valence-electron chi connectivity index (χ3n) is 0.110. The maximum absolute atomic E-state index is 8.24. The lowest BCUT2D eigenvalue weighted by molar-refractivity contribution is 0.502. The summed E-state index contributed by atoms with van der Waals surface area (Å²) in [6.07, 6.45) is 0. The van der Waals surface area contributed by atoms with E-state index in [0.29, 0.717) is 9.97 Å². The van der Waals surface area contributed by atoms with Crippen molar-refractivity contribution in [1.82, 2.24) is 0 Å². The first kappa shape index (κ1) is 7.27. The Hall–Kier alpha value is 1.27. The standard InChI is InChI=1S/H4O2PS3/c1-3(2,4)6-5/h1-2,4-5H/q+1. The largest absolute Gasteiger partial charge is 0.443 e. The van der Waals surface area contributed by atoms with Gasteiger partial charge in [-0.25, -0.2) is 0 Å². The van der Waals surface area contributed by atoms with Gasteiger partial charge in [0.05, 0.1) is 0 Å². The predicted octanol–water partition coefficient (Wildman–Crippen LogP) is 0.506. The van der Waals surface area contributed by atoms with Gasteiger partial charge >= 0.3 is 5.69 Å². The maximum Gasteiger partial charge on any atom is 0.443 e. The molecule has 0 aromatic carbocycles. The second-order valence-corrected chi connectivity index (χ2v) is 7.76. The highest BCUT2D eigenvalue weighted by molar-refractivity contribution is 8.81. The first-order valence-electron chi connectivity index (χ1n) is 0.965. The molecule has 0 spiro atoms. The Morgan fingerprint density at radius 1 is 1.50 bits per heavy atom. The zero-order valence-corrected chi connectivity index (χ0v) is 6.14. The molecule has 0 unspecified atom stereocenters. The Labute approximate surface area is 49.7 Å². The average Bonchev–Trinajstić information content (AvgIpc) is 1.35. The molecule has 0 rings (SSSR count). The van der Waals surface area contributed by atoms with Crippen LogP contribution in [0.25, 0.3) is 0 Å². The normalized spacial score (nSPS) is 11.3. The van der Waals surface area contributed by atoms with Gasteiger partial charge in [-0.1, -0.05) is 0 Å². The van der Waals surface area contributed by atoms with Crippen LogP contribution in [0, 0.1) is 0 Å². The topological polar surface area (TPSA) is 40.5 Å². The van der Waals surface area contributed by atoms with E-state index >= 15 is 0 Å². The molecule has 6 heteroatoms. The summed E-state index contributed by atoms with van der Waals surface area (Å²) in [4.78, 5) is 16.5. The first-order chi connectivity index (χ1) is 2.56. The van der Waals surface area contributed by atoms with Crippen LogP contribution in [0.1, 0.15) is 0 Å². The maximum atomic E-state index is 8.24. The van der Waals surface area contributed by atoms with Crippen molar-refractivity contribution in [3.63, 3.8) is 0 Å². The van der Waals surface area contributed by atoms with Gasteiger partial charge in [-0.2, -0.15) is 0 Å². The molecule has 6 heavy (non-hydrogen) atoms. The van der Waals surface area contributed by atoms with Gasteiger partial charge in [-0.05, 0) is 12.2 Å². The van der Waals surface area contributed by atoms with Crippen LogP contribution in [0.5, 0.6) is 0 Å². The van der Waals surface area contributed by atoms with E-state index < -0.39 is 5.69 Å². The second-order valence-electron chi connectivity index (χ2n) is 0.595. The van der Waals surface area contributed by atoms with Crippen LogP contribution >= 0.6 is 29.6 Å². The third-order valence-corrected chi connectivity index (χ3v) is 4.93. The molecule has 0 fully saturated rings. The molecule has 0 amide bonds. The molecular formula is H4O2PS3+. The van der Waals surface area contributed by atoms with Gasteiger partial charge in [0.1, 0.15) is 0 Å². The van der Waals surface area contributed by atoms with Gasteiger partial charge in [-0.15, -0.1) is 0 Å². The molecule has 0 aliphatic rings. The zero-order valence-electron chi connectivity index (χ0n) is 2.64. The Morgan fingerprint density at radius 3 is 1.67 bits per heavy atom. The number of hydrogen-bond donors (Lipinski definition) is 4. The molecule has 0 aromatic heterocycles. The first-order valence-corrected chi connectivity index (χ1v) is 6.29. The predicted molar refractivity (Wildman–Crippen MR) is 36.7 cm³/mol. The van der Waals surface area contributed by atoms with Crippen LogP contribution in [0.15, 0.2) is 0 Å². The van der Waals surface area contributed by atoms with Gasteiger partial charge in [-0.3, -0.25) is 0 Å². The SMILES string of the molecule is OP(O)(S)=[S+]S. The highest BCUT2D eigenvalue weighted by Crippen LogP contribution is 2.43. The van der Waals surface area contributed by atoms with E-state index in [-0.39, 0.29) is 0 Å². The summed E-state index contributed by atoms with van der Waals surface area (Å²) in [5, 5.41) is 0. The molecule has 0 aromatic rings. The van der Waals surface area contributed by atoms with Gasteiger partial charge < -0.3 is 9.79 Å².